The van der Waals surface area contributed by atoms with Crippen LogP contribution in [-0.4, -0.2) is 29.8 Å². The molecular formula is C13H16F2N2OS. The van der Waals surface area contributed by atoms with Crippen LogP contribution < -0.4 is 10.6 Å². The minimum absolute atomic E-state index is 0.0313. The number of nitrogens with two attached hydrogens (primary N) is 1. The first kappa shape index (κ1) is 14.1. The molecule has 0 bridgehead atoms. The predicted molar refractivity (Wildman–Crippen MR) is 74.3 cm³/mol. The second-order valence-electron chi connectivity index (χ2n) is 4.79. The van der Waals surface area contributed by atoms with Gasteiger partial charge in [0.25, 0.3) is 0 Å². The lowest BCUT2D eigenvalue weighted by Gasteiger charge is -2.34. The van der Waals surface area contributed by atoms with E-state index < -0.39 is 11.6 Å². The normalized spacial score (nSPS) is 19.5. The van der Waals surface area contributed by atoms with Crippen LogP contribution in [0.5, 0.6) is 0 Å². The van der Waals surface area contributed by atoms with Gasteiger partial charge in [0.2, 0.25) is 0 Å². The summed E-state index contributed by atoms with van der Waals surface area (Å²) in [5.41, 5.74) is 5.50. The first-order valence-corrected chi connectivity index (χ1v) is 6.58. The van der Waals surface area contributed by atoms with Crippen LogP contribution >= 0.6 is 12.2 Å². The van der Waals surface area contributed by atoms with E-state index >= 15 is 0 Å². The largest absolute Gasteiger partial charge is 0.396 e. The van der Waals surface area contributed by atoms with Crippen molar-refractivity contribution in [2.75, 3.05) is 24.6 Å². The third-order valence-electron chi connectivity index (χ3n) is 3.39. The van der Waals surface area contributed by atoms with Crippen LogP contribution in [0.3, 0.4) is 0 Å². The Hall–Kier alpha value is -1.27. The Bertz CT molecular complexity index is 473. The van der Waals surface area contributed by atoms with Crippen molar-refractivity contribution >= 4 is 22.9 Å². The van der Waals surface area contributed by atoms with E-state index in [0.29, 0.717) is 13.1 Å². The van der Waals surface area contributed by atoms with Crippen LogP contribution in [0.25, 0.3) is 0 Å². The summed E-state index contributed by atoms with van der Waals surface area (Å²) in [6.45, 7) is 1.07. The van der Waals surface area contributed by atoms with Crippen molar-refractivity contribution in [3.05, 3.63) is 29.3 Å². The summed E-state index contributed by atoms with van der Waals surface area (Å²) >= 11 is 4.72. The molecule has 1 aromatic rings. The van der Waals surface area contributed by atoms with E-state index in [2.05, 4.69) is 0 Å². The standard InChI is InChI=1S/C13H16F2N2OS/c14-10-4-9(13(16)19)5-11(15)12(10)17-3-1-2-8(6-17)7-18/h4-5,8,18H,1-3,6-7H2,(H2,16,19). The molecule has 0 aromatic heterocycles. The topological polar surface area (TPSA) is 49.5 Å². The summed E-state index contributed by atoms with van der Waals surface area (Å²) in [5, 5.41) is 9.16. The van der Waals surface area contributed by atoms with Gasteiger partial charge in [0, 0.05) is 25.3 Å². The monoisotopic (exact) mass is 286 g/mol. The summed E-state index contributed by atoms with van der Waals surface area (Å²) in [5.74, 6) is -1.27. The van der Waals surface area contributed by atoms with Crippen molar-refractivity contribution in [1.82, 2.24) is 0 Å². The van der Waals surface area contributed by atoms with E-state index in [1.165, 1.54) is 0 Å². The summed E-state index contributed by atoms with van der Waals surface area (Å²) in [6.07, 6.45) is 1.68. The molecule has 1 saturated heterocycles. The molecular weight excluding hydrogens is 270 g/mol. The lowest BCUT2D eigenvalue weighted by Crippen LogP contribution is -2.38. The molecule has 3 N–H and O–H groups in total. The molecule has 19 heavy (non-hydrogen) atoms. The van der Waals surface area contributed by atoms with Gasteiger partial charge in [-0.1, -0.05) is 12.2 Å². The highest BCUT2D eigenvalue weighted by Gasteiger charge is 2.24. The number of hydrogen-bond acceptors (Lipinski definition) is 3. The van der Waals surface area contributed by atoms with Gasteiger partial charge in [-0.2, -0.15) is 0 Å². The van der Waals surface area contributed by atoms with Gasteiger partial charge in [-0.15, -0.1) is 0 Å². The van der Waals surface area contributed by atoms with Crippen molar-refractivity contribution in [3.8, 4) is 0 Å². The molecule has 1 aliphatic heterocycles. The van der Waals surface area contributed by atoms with Gasteiger partial charge in [-0.3, -0.25) is 0 Å². The lowest BCUT2D eigenvalue weighted by molar-refractivity contribution is 0.208. The second-order valence-corrected chi connectivity index (χ2v) is 5.23. The van der Waals surface area contributed by atoms with E-state index in [1.807, 2.05) is 0 Å². The van der Waals surface area contributed by atoms with Crippen LogP contribution in [0.4, 0.5) is 14.5 Å². The van der Waals surface area contributed by atoms with Crippen molar-refractivity contribution < 1.29 is 13.9 Å². The average molecular weight is 286 g/mol. The Labute approximate surface area is 116 Å². The predicted octanol–water partition coefficient (Wildman–Crippen LogP) is 1.81. The summed E-state index contributed by atoms with van der Waals surface area (Å²) in [4.78, 5) is 1.61. The fraction of sp³-hybridized carbons (Fsp3) is 0.462. The number of thiocarbonyl (C=S) groups is 1. The fourth-order valence-corrected chi connectivity index (χ4v) is 2.54. The third-order valence-corrected chi connectivity index (χ3v) is 3.63. The maximum atomic E-state index is 14.0. The molecule has 1 heterocycles. The number of benzene rings is 1. The van der Waals surface area contributed by atoms with Crippen molar-refractivity contribution in [2.24, 2.45) is 11.7 Å². The quantitative estimate of drug-likeness (QED) is 0.832. The van der Waals surface area contributed by atoms with E-state index in [4.69, 9.17) is 23.1 Å². The van der Waals surface area contributed by atoms with Crippen LogP contribution in [0.2, 0.25) is 0 Å². The van der Waals surface area contributed by atoms with Gasteiger partial charge in [0.1, 0.15) is 22.3 Å². The van der Waals surface area contributed by atoms with Gasteiger partial charge in [0.15, 0.2) is 0 Å². The smallest absolute Gasteiger partial charge is 0.150 e. The highest BCUT2D eigenvalue weighted by Crippen LogP contribution is 2.29. The van der Waals surface area contributed by atoms with Gasteiger partial charge in [-0.25, -0.2) is 8.78 Å². The summed E-state index contributed by atoms with van der Waals surface area (Å²) < 4.78 is 28.1. The van der Waals surface area contributed by atoms with E-state index in [-0.39, 0.29) is 28.8 Å². The Morgan fingerprint density at radius 2 is 2.05 bits per heavy atom. The molecule has 1 aromatic carbocycles. The highest BCUT2D eigenvalue weighted by atomic mass is 32.1. The number of nitrogens with zero attached hydrogens (tertiary/aromatic N) is 1. The van der Waals surface area contributed by atoms with Gasteiger partial charge >= 0.3 is 0 Å². The van der Waals surface area contributed by atoms with E-state index in [1.54, 1.807) is 4.90 Å². The lowest BCUT2D eigenvalue weighted by atomic mass is 9.98. The van der Waals surface area contributed by atoms with Crippen LogP contribution in [-0.2, 0) is 0 Å². The molecule has 3 nitrogen and oxygen atoms in total. The number of piperidine rings is 1. The molecule has 2 rings (SSSR count). The summed E-state index contributed by atoms with van der Waals surface area (Å²) in [7, 11) is 0. The van der Waals surface area contributed by atoms with Gasteiger partial charge in [-0.05, 0) is 30.9 Å². The van der Waals surface area contributed by atoms with Crippen molar-refractivity contribution in [1.29, 1.82) is 0 Å². The molecule has 6 heteroatoms. The zero-order valence-electron chi connectivity index (χ0n) is 10.4. The number of aliphatic hydroxyl groups is 1. The molecule has 0 saturated carbocycles. The molecule has 104 valence electrons. The van der Waals surface area contributed by atoms with Crippen LogP contribution in [0.1, 0.15) is 18.4 Å². The fourth-order valence-electron chi connectivity index (χ4n) is 2.43. The first-order chi connectivity index (χ1) is 9.02. The number of hydrogen-bond donors (Lipinski definition) is 2. The molecule has 1 fully saturated rings. The van der Waals surface area contributed by atoms with Crippen molar-refractivity contribution in [2.45, 2.75) is 12.8 Å². The SMILES string of the molecule is NC(=S)c1cc(F)c(N2CCCC(CO)C2)c(F)c1. The number of rotatable bonds is 3. The Morgan fingerprint density at radius 3 is 2.58 bits per heavy atom. The maximum Gasteiger partial charge on any atom is 0.150 e. The Balaban J connectivity index is 2.31. The molecule has 0 radical (unpaired) electrons. The molecule has 0 spiro atoms. The van der Waals surface area contributed by atoms with E-state index in [0.717, 1.165) is 25.0 Å². The van der Waals surface area contributed by atoms with Gasteiger partial charge < -0.3 is 15.7 Å². The number of halogens is 2. The van der Waals surface area contributed by atoms with Crippen LogP contribution in [0, 0.1) is 17.6 Å². The minimum atomic E-state index is -0.665. The Kier molecular flexibility index (Phi) is 4.31. The zero-order chi connectivity index (χ0) is 14.0. The summed E-state index contributed by atoms with van der Waals surface area (Å²) in [6, 6.07) is 2.31. The van der Waals surface area contributed by atoms with Gasteiger partial charge in [0.05, 0.1) is 0 Å². The molecule has 0 amide bonds. The first-order valence-electron chi connectivity index (χ1n) is 6.17. The number of aliphatic hydroxyl groups excluding tert-OH is 1. The molecule has 1 atom stereocenters. The highest BCUT2D eigenvalue weighted by molar-refractivity contribution is 7.80. The van der Waals surface area contributed by atoms with Crippen LogP contribution in [0.15, 0.2) is 12.1 Å². The second kappa shape index (κ2) is 5.79. The zero-order valence-corrected chi connectivity index (χ0v) is 11.2. The number of anilines is 1. The molecule has 1 unspecified atom stereocenters. The minimum Gasteiger partial charge on any atom is -0.396 e. The average Bonchev–Trinajstić information content (AvgIpc) is 2.38. The maximum absolute atomic E-state index is 14.0. The Morgan fingerprint density at radius 1 is 1.42 bits per heavy atom. The molecule has 1 aliphatic rings. The van der Waals surface area contributed by atoms with E-state index in [9.17, 15) is 8.78 Å². The third kappa shape index (κ3) is 3.01. The molecule has 0 aliphatic carbocycles. The van der Waals surface area contributed by atoms with Crippen molar-refractivity contribution in [3.63, 3.8) is 0 Å².